The molecular formula is C55H82N4O12. The van der Waals surface area contributed by atoms with E-state index in [-0.39, 0.29) is 48.8 Å². The minimum atomic E-state index is -1.69. The fraction of sp³-hybridized carbons (Fsp3) is 0.836. The van der Waals surface area contributed by atoms with Gasteiger partial charge < -0.3 is 66.4 Å². The fourth-order valence-corrected chi connectivity index (χ4v) is 18.7. The van der Waals surface area contributed by atoms with Crippen molar-refractivity contribution in [1.82, 2.24) is 15.3 Å². The summed E-state index contributed by atoms with van der Waals surface area (Å²) in [6, 6.07) is -0.835. The average Bonchev–Trinajstić information content (AvgIpc) is 4.13. The number of aromatic amines is 1. The van der Waals surface area contributed by atoms with Crippen molar-refractivity contribution >= 4 is 11.9 Å². The largest absolute Gasteiger partial charge is 0.481 e. The third kappa shape index (κ3) is 7.46. The first-order valence-corrected chi connectivity index (χ1v) is 27.1. The Morgan fingerprint density at radius 2 is 1.69 bits per heavy atom. The minimum Gasteiger partial charge on any atom is -0.481 e. The number of hydrogen-bond acceptors (Lipinski definition) is 13. The number of carboxylic acids is 1. The number of H-pyrrole nitrogens is 1. The number of allylic oxidation sites excluding steroid dienone is 2. The maximum absolute atomic E-state index is 14.9. The topological polar surface area (TPSA) is 281 Å². The van der Waals surface area contributed by atoms with Crippen molar-refractivity contribution in [2.24, 2.45) is 73.2 Å². The quantitative estimate of drug-likeness (QED) is 0.106. The molecule has 0 unspecified atom stereocenters. The summed E-state index contributed by atoms with van der Waals surface area (Å²) in [6.45, 7) is 7.58. The number of imidazole rings is 1. The van der Waals surface area contributed by atoms with Crippen LogP contribution in [-0.2, 0) is 19.1 Å². The van der Waals surface area contributed by atoms with Crippen LogP contribution in [0.2, 0.25) is 0 Å². The highest BCUT2D eigenvalue weighted by atomic mass is 16.7. The number of nitrogens with one attached hydrogen (secondary N) is 2. The van der Waals surface area contributed by atoms with Crippen LogP contribution in [0, 0.1) is 79.3 Å². The van der Waals surface area contributed by atoms with E-state index >= 15 is 0 Å². The number of aliphatic hydroxyl groups excluding tert-OH is 7. The molecule has 7 fully saturated rings. The lowest BCUT2D eigenvalue weighted by molar-refractivity contribution is -0.348. The highest BCUT2D eigenvalue weighted by Gasteiger charge is 2.75. The van der Waals surface area contributed by atoms with E-state index in [4.69, 9.17) is 15.2 Å². The molecule has 7 aliphatic carbocycles. The van der Waals surface area contributed by atoms with Crippen LogP contribution in [0.4, 0.5) is 0 Å². The number of carbonyl (C=O) groups excluding carboxylic acids is 1. The predicted molar refractivity (Wildman–Crippen MR) is 259 cm³/mol. The number of aliphatic carboxylic acids is 1. The number of aliphatic hydroxyl groups is 7. The predicted octanol–water partition coefficient (Wildman–Crippen LogP) is 3.66. The normalized spacial score (nSPS) is 49.8. The molecule has 0 aromatic carbocycles. The van der Waals surface area contributed by atoms with E-state index in [9.17, 15) is 50.4 Å². The summed E-state index contributed by atoms with van der Waals surface area (Å²) < 4.78 is 12.7. The van der Waals surface area contributed by atoms with Crippen LogP contribution >= 0.6 is 0 Å². The zero-order chi connectivity index (χ0) is 50.7. The Morgan fingerprint density at radius 1 is 0.944 bits per heavy atom. The van der Waals surface area contributed by atoms with E-state index in [0.29, 0.717) is 96.3 Å². The maximum atomic E-state index is 14.9. The van der Waals surface area contributed by atoms with E-state index in [1.54, 1.807) is 6.33 Å². The SMILES string of the molecule is C[C@]1(CO)CC[C@]2(C(=O)O)CC[C@@]34CCC#C[C@@H](N)CC[C@H](c5cnc[nH]5)[C@@H]5NC(=O)C6(CCCC6)[C@@H]5C[C@H]5[C@@H](O)[C@@H](O[C@@H]6OC[C@@H](O)[C@H](O)[C@H]6O)[C@@](C)([C@H](O)CO)[C@H]6CC[C@]3(C)[C@H](CC=C4[C@@H]2C1)[C@]65C. The Hall–Kier alpha value is -2.95. The molecule has 1 aromatic rings. The second kappa shape index (κ2) is 18.4. The van der Waals surface area contributed by atoms with Gasteiger partial charge in [-0.15, -0.1) is 5.92 Å². The van der Waals surface area contributed by atoms with Gasteiger partial charge in [0.15, 0.2) is 6.29 Å². The Morgan fingerprint density at radius 3 is 2.38 bits per heavy atom. The lowest BCUT2D eigenvalue weighted by Crippen LogP contribution is -2.74. The lowest BCUT2D eigenvalue weighted by atomic mass is 9.30. The van der Waals surface area contributed by atoms with Crippen molar-refractivity contribution in [2.45, 2.75) is 198 Å². The van der Waals surface area contributed by atoms with E-state index in [0.717, 1.165) is 24.1 Å². The van der Waals surface area contributed by atoms with Crippen LogP contribution < -0.4 is 11.1 Å². The third-order valence-electron chi connectivity index (χ3n) is 22.7. The summed E-state index contributed by atoms with van der Waals surface area (Å²) in [7, 11) is 0. The van der Waals surface area contributed by atoms with Crippen LogP contribution in [0.5, 0.6) is 0 Å². The van der Waals surface area contributed by atoms with E-state index in [1.165, 1.54) is 0 Å². The molecule has 2 saturated heterocycles. The number of aromatic nitrogens is 2. The maximum Gasteiger partial charge on any atom is 0.310 e. The number of fused-ring (bicyclic) bond motifs is 4. The summed E-state index contributed by atoms with van der Waals surface area (Å²) >= 11 is 0. The molecule has 1 amide bonds. The fourth-order valence-electron chi connectivity index (χ4n) is 18.7. The molecule has 1 aromatic heterocycles. The van der Waals surface area contributed by atoms with Gasteiger partial charge in [-0.2, -0.15) is 0 Å². The standard InChI is InChI=1S/C55H82N4O12/c1-49(28-61)19-20-54(48(68)69)21-22-55-17-6-5-9-30(56)10-11-31(36-25-57-29-58-36)41-33(53(47(67)59-41)15-7-8-16-53)23-34-42(64)45(71-46-44(66)43(65)37(62)27-70-46)52(4,40(63)26-60)39-14-18-50(55,2)38(51(34,39)3)13-12-32(55)35(54)24-49/h12,25,29-31,33-35,37-46,60-66H,6-8,10-11,13-24,26-28,56H2,1-4H3,(H,57,58)(H,59,67)(H,68,69)/t30-,31-,33-,34+,35+,37-,38+,39+,40-,41+,42-,43+,44-,45-,46+,49+,50-,51-,52-,54+,55-/m1/s1. The second-order valence-electron chi connectivity index (χ2n) is 25.4. The van der Waals surface area contributed by atoms with E-state index in [1.807, 2.05) is 13.1 Å². The number of hydrogen-bond donors (Lipinski definition) is 11. The molecule has 0 radical (unpaired) electrons. The molecule has 2 aliphatic heterocycles. The summed E-state index contributed by atoms with van der Waals surface area (Å²) in [5.41, 5.74) is 3.53. The Bertz CT molecular complexity index is 2260. The second-order valence-corrected chi connectivity index (χ2v) is 25.4. The first kappa shape index (κ1) is 51.5. The van der Waals surface area contributed by atoms with Gasteiger partial charge in [0.2, 0.25) is 5.91 Å². The van der Waals surface area contributed by atoms with Gasteiger partial charge in [-0.25, -0.2) is 4.98 Å². The van der Waals surface area contributed by atoms with E-state index < -0.39 is 111 Å². The molecule has 394 valence electrons. The first-order chi connectivity index (χ1) is 33.7. The number of carboxylic acid groups (broad SMARTS) is 1. The molecule has 71 heavy (non-hydrogen) atoms. The zero-order valence-corrected chi connectivity index (χ0v) is 42.3. The van der Waals surface area contributed by atoms with Crippen LogP contribution in [0.15, 0.2) is 24.2 Å². The molecular weight excluding hydrogens is 909 g/mol. The van der Waals surface area contributed by atoms with Gasteiger partial charge in [0, 0.05) is 42.3 Å². The number of nitrogens with zero attached hydrogens (tertiary/aromatic N) is 1. The highest BCUT2D eigenvalue weighted by Crippen LogP contribution is 2.79. The van der Waals surface area contributed by atoms with Crippen LogP contribution in [0.25, 0.3) is 0 Å². The summed E-state index contributed by atoms with van der Waals surface area (Å²) in [6.07, 6.45) is 6.00. The summed E-state index contributed by atoms with van der Waals surface area (Å²) in [5, 5.41) is 95.8. The van der Waals surface area contributed by atoms with Crippen LogP contribution in [-0.4, -0.2) is 138 Å². The van der Waals surface area contributed by atoms with Crippen molar-refractivity contribution < 1.29 is 59.9 Å². The molecule has 16 heteroatoms. The number of nitrogens with two attached hydrogens (primary N) is 1. The number of amides is 1. The number of carbonyl (C=O) groups is 2. The van der Waals surface area contributed by atoms with Gasteiger partial charge in [-0.1, -0.05) is 58.1 Å². The molecule has 9 aliphatic rings. The molecule has 2 spiro atoms. The third-order valence-corrected chi connectivity index (χ3v) is 22.7. The molecule has 10 rings (SSSR count). The lowest BCUT2D eigenvalue weighted by Gasteiger charge is -2.74. The highest BCUT2D eigenvalue weighted by molar-refractivity contribution is 5.86. The molecule has 21 atom stereocenters. The molecule has 12 N–H and O–H groups in total. The van der Waals surface area contributed by atoms with Gasteiger partial charge in [0.25, 0.3) is 0 Å². The molecule has 4 bridgehead atoms. The first-order valence-electron chi connectivity index (χ1n) is 27.1. The van der Waals surface area contributed by atoms with Crippen molar-refractivity contribution in [1.29, 1.82) is 0 Å². The Balaban J connectivity index is 1.19. The van der Waals surface area contributed by atoms with Crippen molar-refractivity contribution in [3.8, 4) is 11.8 Å². The molecule has 16 nitrogen and oxygen atoms in total. The Kier molecular flexibility index (Phi) is 13.4. The average molecular weight is 991 g/mol. The smallest absolute Gasteiger partial charge is 0.310 e. The van der Waals surface area contributed by atoms with Crippen molar-refractivity contribution in [3.05, 3.63) is 29.9 Å². The summed E-state index contributed by atoms with van der Waals surface area (Å²) in [4.78, 5) is 36.5. The number of ether oxygens (including phenoxy) is 2. The van der Waals surface area contributed by atoms with Crippen LogP contribution in [0.3, 0.4) is 0 Å². The van der Waals surface area contributed by atoms with Gasteiger partial charge in [-0.3, -0.25) is 9.59 Å². The van der Waals surface area contributed by atoms with Gasteiger partial charge in [0.05, 0.1) is 54.7 Å². The van der Waals surface area contributed by atoms with Crippen molar-refractivity contribution in [3.63, 3.8) is 0 Å². The number of rotatable bonds is 7. The summed E-state index contributed by atoms with van der Waals surface area (Å²) in [5.74, 6) is 4.15. The molecule has 3 heterocycles. The van der Waals surface area contributed by atoms with Gasteiger partial charge in [0.1, 0.15) is 18.3 Å². The van der Waals surface area contributed by atoms with E-state index in [2.05, 4.69) is 54.0 Å². The van der Waals surface area contributed by atoms with Crippen LogP contribution in [0.1, 0.15) is 148 Å². The molecule has 5 saturated carbocycles. The van der Waals surface area contributed by atoms with Crippen molar-refractivity contribution in [2.75, 3.05) is 19.8 Å². The van der Waals surface area contributed by atoms with Gasteiger partial charge >= 0.3 is 5.97 Å². The zero-order valence-electron chi connectivity index (χ0n) is 42.3. The monoisotopic (exact) mass is 991 g/mol. The minimum absolute atomic E-state index is 0.00676. The van der Waals surface area contributed by atoms with Gasteiger partial charge in [-0.05, 0) is 141 Å². The Labute approximate surface area is 418 Å².